The number of hydrogen-bond donors (Lipinski definition) is 1. The molecule has 0 aromatic heterocycles. The highest BCUT2D eigenvalue weighted by Crippen LogP contribution is 2.69. The molecule has 1 heterocycles. The Hall–Kier alpha value is -4.33. The van der Waals surface area contributed by atoms with E-state index in [1.807, 2.05) is 78.9 Å². The molecule has 0 unspecified atom stereocenters. The van der Waals surface area contributed by atoms with E-state index in [9.17, 15) is 14.4 Å². The second-order valence-electron chi connectivity index (χ2n) is 11.3. The third kappa shape index (κ3) is 3.85. The van der Waals surface area contributed by atoms with Crippen LogP contribution in [0.15, 0.2) is 97.1 Å². The van der Waals surface area contributed by atoms with Gasteiger partial charge in [0.15, 0.2) is 0 Å². The van der Waals surface area contributed by atoms with Crippen molar-refractivity contribution < 1.29 is 23.9 Å². The molecule has 3 amide bonds. The zero-order valence-corrected chi connectivity index (χ0v) is 25.4. The van der Waals surface area contributed by atoms with E-state index in [0.29, 0.717) is 39.4 Å². The fourth-order valence-electron chi connectivity index (χ4n) is 7.26. The highest BCUT2D eigenvalue weighted by atomic mass is 35.5. The van der Waals surface area contributed by atoms with Gasteiger partial charge in [0.05, 0.1) is 31.7 Å². The number of nitrogens with one attached hydrogen (secondary N) is 1. The van der Waals surface area contributed by atoms with Gasteiger partial charge in [-0.25, -0.2) is 0 Å². The van der Waals surface area contributed by atoms with Crippen LogP contribution in [0, 0.1) is 11.8 Å². The Kier molecular flexibility index (Phi) is 6.72. The lowest BCUT2D eigenvalue weighted by atomic mass is 9.54. The van der Waals surface area contributed by atoms with Gasteiger partial charge in [0.1, 0.15) is 27.3 Å². The first-order chi connectivity index (χ1) is 21.2. The standard InChI is InChI=1S/C35H28Cl2N2O5/c1-43-21-16-17-28(44-2)26(19-21)38-31(40)27(18-20-10-4-3-5-11-20)39-32(41)29-30(33(39)42)35(37)23-13-7-6-12-22(23)34(29,36)24-14-8-9-15-25(24)35/h3-17,19,27,29-30H,18H2,1-2H3,(H,38,40)/t27-,29-,30+,34?,35?/m1/s1. The maximum Gasteiger partial charge on any atom is 0.248 e. The number of hydrogen-bond acceptors (Lipinski definition) is 5. The number of halogens is 2. The van der Waals surface area contributed by atoms with Crippen molar-refractivity contribution in [1.82, 2.24) is 4.90 Å². The van der Waals surface area contributed by atoms with Gasteiger partial charge in [0.2, 0.25) is 17.7 Å². The highest BCUT2D eigenvalue weighted by Gasteiger charge is 2.73. The SMILES string of the molecule is COc1ccc(OC)c(NC(=O)[C@@H](Cc2ccccc2)N2C(=O)[C@@H]3[C@H](C2=O)C2(Cl)c4ccccc4C3(Cl)c3ccccc32)c1. The number of ether oxygens (including phenoxy) is 2. The first kappa shape index (κ1) is 28.4. The van der Waals surface area contributed by atoms with Gasteiger partial charge in [-0.05, 0) is 39.9 Å². The van der Waals surface area contributed by atoms with Crippen LogP contribution < -0.4 is 14.8 Å². The molecule has 9 heteroatoms. The number of rotatable bonds is 7. The zero-order valence-electron chi connectivity index (χ0n) is 23.9. The van der Waals surface area contributed by atoms with Crippen LogP contribution in [0.2, 0.25) is 0 Å². The molecule has 1 fully saturated rings. The molecule has 4 aromatic rings. The summed E-state index contributed by atoms with van der Waals surface area (Å²) in [6.45, 7) is 0. The van der Waals surface area contributed by atoms with Crippen LogP contribution in [0.4, 0.5) is 5.69 Å². The zero-order chi connectivity index (χ0) is 30.8. The molecular weight excluding hydrogens is 599 g/mol. The second kappa shape index (κ2) is 10.4. The molecule has 4 aliphatic rings. The summed E-state index contributed by atoms with van der Waals surface area (Å²) in [5.74, 6) is -2.76. The van der Waals surface area contributed by atoms with E-state index in [1.165, 1.54) is 14.2 Å². The molecular formula is C35H28Cl2N2O5. The van der Waals surface area contributed by atoms with Gasteiger partial charge in [0.25, 0.3) is 0 Å². The maximum absolute atomic E-state index is 14.7. The molecule has 2 bridgehead atoms. The van der Waals surface area contributed by atoms with Gasteiger partial charge >= 0.3 is 0 Å². The van der Waals surface area contributed by atoms with Crippen molar-refractivity contribution in [2.75, 3.05) is 19.5 Å². The topological polar surface area (TPSA) is 84.9 Å². The minimum absolute atomic E-state index is 0.0837. The third-order valence-electron chi connectivity index (χ3n) is 9.17. The number of nitrogens with zero attached hydrogens (tertiary/aromatic N) is 1. The monoisotopic (exact) mass is 626 g/mol. The van der Waals surface area contributed by atoms with Crippen LogP contribution in [-0.2, 0) is 30.6 Å². The minimum atomic E-state index is -1.35. The molecule has 4 aromatic carbocycles. The minimum Gasteiger partial charge on any atom is -0.497 e. The number of imide groups is 1. The molecule has 7 nitrogen and oxygen atoms in total. The van der Waals surface area contributed by atoms with Gasteiger partial charge < -0.3 is 14.8 Å². The summed E-state index contributed by atoms with van der Waals surface area (Å²) in [7, 11) is 3.01. The van der Waals surface area contributed by atoms with Gasteiger partial charge in [-0.2, -0.15) is 0 Å². The van der Waals surface area contributed by atoms with E-state index >= 15 is 0 Å². The van der Waals surface area contributed by atoms with E-state index in [1.54, 1.807) is 18.2 Å². The van der Waals surface area contributed by atoms with Crippen molar-refractivity contribution in [3.05, 3.63) is 125 Å². The van der Waals surface area contributed by atoms with Crippen LogP contribution in [0.25, 0.3) is 0 Å². The number of likely N-dealkylation sites (tertiary alicyclic amines) is 1. The number of carbonyl (C=O) groups is 3. The molecule has 3 atom stereocenters. The molecule has 0 radical (unpaired) electrons. The Labute approximate surface area is 264 Å². The predicted octanol–water partition coefficient (Wildman–Crippen LogP) is 5.85. The van der Waals surface area contributed by atoms with Crippen molar-refractivity contribution in [2.24, 2.45) is 11.8 Å². The summed E-state index contributed by atoms with van der Waals surface area (Å²) in [4.78, 5) is 41.9. The summed E-state index contributed by atoms with van der Waals surface area (Å²) < 4.78 is 10.8. The molecule has 1 saturated heterocycles. The van der Waals surface area contributed by atoms with Crippen LogP contribution in [0.5, 0.6) is 11.5 Å². The van der Waals surface area contributed by atoms with Crippen LogP contribution >= 0.6 is 23.2 Å². The highest BCUT2D eigenvalue weighted by molar-refractivity contribution is 6.36. The van der Waals surface area contributed by atoms with E-state index in [4.69, 9.17) is 32.7 Å². The van der Waals surface area contributed by atoms with Gasteiger partial charge in [-0.15, -0.1) is 23.2 Å². The second-order valence-corrected chi connectivity index (χ2v) is 12.5. The quantitative estimate of drug-likeness (QED) is 0.206. The molecule has 0 spiro atoms. The molecule has 1 N–H and O–H groups in total. The molecule has 0 saturated carbocycles. The molecule has 3 aliphatic carbocycles. The van der Waals surface area contributed by atoms with E-state index in [-0.39, 0.29) is 6.42 Å². The average Bonchev–Trinajstić information content (AvgIpc) is 3.33. The van der Waals surface area contributed by atoms with Crippen molar-refractivity contribution in [2.45, 2.75) is 22.2 Å². The largest absolute Gasteiger partial charge is 0.497 e. The summed E-state index contributed by atoms with van der Waals surface area (Å²) in [5, 5.41) is 2.89. The number of methoxy groups -OCH3 is 2. The predicted molar refractivity (Wildman–Crippen MR) is 167 cm³/mol. The first-order valence-electron chi connectivity index (χ1n) is 14.3. The summed E-state index contributed by atoms with van der Waals surface area (Å²) in [6.07, 6.45) is 0.0837. The number of alkyl halides is 2. The number of anilines is 1. The normalized spacial score (nSPS) is 25.1. The number of amides is 3. The smallest absolute Gasteiger partial charge is 0.248 e. The van der Waals surface area contributed by atoms with Crippen LogP contribution in [-0.4, -0.2) is 42.9 Å². The van der Waals surface area contributed by atoms with E-state index in [2.05, 4.69) is 5.32 Å². The van der Waals surface area contributed by atoms with Crippen molar-refractivity contribution in [1.29, 1.82) is 0 Å². The lowest BCUT2D eigenvalue weighted by Crippen LogP contribution is -2.57. The summed E-state index contributed by atoms with van der Waals surface area (Å²) >= 11 is 15.2. The summed E-state index contributed by atoms with van der Waals surface area (Å²) in [6, 6.07) is 28.0. The molecule has 1 aliphatic heterocycles. The molecule has 8 rings (SSSR count). The molecule has 222 valence electrons. The van der Waals surface area contributed by atoms with Crippen molar-refractivity contribution >= 4 is 46.6 Å². The van der Waals surface area contributed by atoms with Gasteiger partial charge in [-0.1, -0.05) is 78.9 Å². The van der Waals surface area contributed by atoms with Crippen molar-refractivity contribution in [3.8, 4) is 11.5 Å². The maximum atomic E-state index is 14.7. The number of benzene rings is 4. The Balaban J connectivity index is 1.36. The Morgan fingerprint density at radius 3 is 1.75 bits per heavy atom. The van der Waals surface area contributed by atoms with E-state index in [0.717, 1.165) is 10.5 Å². The lowest BCUT2D eigenvalue weighted by Gasteiger charge is -2.54. The van der Waals surface area contributed by atoms with Gasteiger partial charge in [-0.3, -0.25) is 19.3 Å². The third-order valence-corrected chi connectivity index (χ3v) is 10.5. The Bertz CT molecular complexity index is 1710. The summed E-state index contributed by atoms with van der Waals surface area (Å²) in [5.41, 5.74) is 3.91. The average molecular weight is 628 g/mol. The van der Waals surface area contributed by atoms with Crippen molar-refractivity contribution in [3.63, 3.8) is 0 Å². The first-order valence-corrected chi connectivity index (χ1v) is 15.0. The van der Waals surface area contributed by atoms with Crippen LogP contribution in [0.3, 0.4) is 0 Å². The number of carbonyl (C=O) groups excluding carboxylic acids is 3. The van der Waals surface area contributed by atoms with E-state index < -0.39 is 45.3 Å². The van der Waals surface area contributed by atoms with Gasteiger partial charge in [0, 0.05) is 12.5 Å². The van der Waals surface area contributed by atoms with Crippen LogP contribution in [0.1, 0.15) is 27.8 Å². The fraction of sp³-hybridized carbons (Fsp3) is 0.229. The molecule has 44 heavy (non-hydrogen) atoms. The Morgan fingerprint density at radius 2 is 1.27 bits per heavy atom. The Morgan fingerprint density at radius 1 is 0.773 bits per heavy atom. The fourth-order valence-corrected chi connectivity index (χ4v) is 8.36. The lowest BCUT2D eigenvalue weighted by molar-refractivity contribution is -0.146.